The van der Waals surface area contributed by atoms with E-state index in [1.165, 1.54) is 26.4 Å². The van der Waals surface area contributed by atoms with E-state index in [1.807, 2.05) is 0 Å². The molecule has 1 amide bonds. The summed E-state index contributed by atoms with van der Waals surface area (Å²) in [5, 5.41) is 21.8. The number of carbonyl (C=O) groups is 2. The zero-order chi connectivity index (χ0) is 16.0. The van der Waals surface area contributed by atoms with Gasteiger partial charge in [0.05, 0.1) is 24.1 Å². The number of hydrogen-bond donors (Lipinski definition) is 2. The van der Waals surface area contributed by atoms with Gasteiger partial charge in [0.25, 0.3) is 11.6 Å². The number of hydrogen-bond acceptors (Lipinski definition) is 6. The van der Waals surface area contributed by atoms with Gasteiger partial charge in [-0.1, -0.05) is 0 Å². The van der Waals surface area contributed by atoms with Gasteiger partial charge in [0.2, 0.25) is 0 Å². The molecule has 0 spiro atoms. The van der Waals surface area contributed by atoms with Gasteiger partial charge in [-0.05, 0) is 6.07 Å². The van der Waals surface area contributed by atoms with E-state index in [9.17, 15) is 19.7 Å². The first-order chi connectivity index (χ1) is 9.90. The maximum absolute atomic E-state index is 12.0. The molecular formula is C12H14N2O7. The van der Waals surface area contributed by atoms with Crippen LogP contribution in [0.5, 0.6) is 5.75 Å². The van der Waals surface area contributed by atoms with Crippen LogP contribution >= 0.6 is 0 Å². The molecule has 0 aromatic heterocycles. The summed E-state index contributed by atoms with van der Waals surface area (Å²) in [7, 11) is 2.51. The molecule has 1 atom stereocenters. The van der Waals surface area contributed by atoms with Crippen molar-refractivity contribution < 1.29 is 29.1 Å². The van der Waals surface area contributed by atoms with Crippen LogP contribution in [0, 0.1) is 10.1 Å². The number of nitro benzene ring substituents is 1. The first-order valence-corrected chi connectivity index (χ1v) is 5.77. The third kappa shape index (κ3) is 4.14. The molecule has 0 aliphatic carbocycles. The molecule has 0 radical (unpaired) electrons. The molecule has 114 valence electrons. The van der Waals surface area contributed by atoms with Gasteiger partial charge >= 0.3 is 5.97 Å². The summed E-state index contributed by atoms with van der Waals surface area (Å²) in [6.45, 7) is -0.281. The van der Waals surface area contributed by atoms with Crippen molar-refractivity contribution in [3.05, 3.63) is 33.9 Å². The number of nitro groups is 1. The number of aliphatic carboxylic acids is 1. The molecule has 1 aromatic rings. The molecule has 1 rings (SSSR count). The minimum absolute atomic E-state index is 0.0630. The molecule has 0 heterocycles. The van der Waals surface area contributed by atoms with Gasteiger partial charge in [0, 0.05) is 19.2 Å². The monoisotopic (exact) mass is 298 g/mol. The number of nitrogens with zero attached hydrogens (tertiary/aromatic N) is 1. The molecule has 0 saturated heterocycles. The molecule has 21 heavy (non-hydrogen) atoms. The summed E-state index contributed by atoms with van der Waals surface area (Å²) in [5.74, 6) is -1.79. The number of rotatable bonds is 7. The highest BCUT2D eigenvalue weighted by Gasteiger charge is 2.21. The fraction of sp³-hybridized carbons (Fsp3) is 0.333. The molecule has 0 aliphatic heterocycles. The Balaban J connectivity index is 2.92. The Bertz CT molecular complexity index is 559. The maximum atomic E-state index is 12.0. The van der Waals surface area contributed by atoms with E-state index >= 15 is 0 Å². The molecular weight excluding hydrogens is 284 g/mol. The topological polar surface area (TPSA) is 128 Å². The van der Waals surface area contributed by atoms with Gasteiger partial charge in [-0.2, -0.15) is 0 Å². The largest absolute Gasteiger partial charge is 0.496 e. The van der Waals surface area contributed by atoms with Crippen LogP contribution in [-0.2, 0) is 9.53 Å². The highest BCUT2D eigenvalue weighted by molar-refractivity contribution is 5.97. The zero-order valence-corrected chi connectivity index (χ0v) is 11.4. The van der Waals surface area contributed by atoms with Crippen molar-refractivity contribution in [1.82, 2.24) is 5.32 Å². The smallest absolute Gasteiger partial charge is 0.334 e. The number of ether oxygens (including phenoxy) is 2. The van der Waals surface area contributed by atoms with E-state index in [2.05, 4.69) is 10.1 Å². The number of carboxylic acids is 1. The van der Waals surface area contributed by atoms with E-state index in [-0.39, 0.29) is 23.5 Å². The van der Waals surface area contributed by atoms with Gasteiger partial charge in [-0.3, -0.25) is 14.9 Å². The van der Waals surface area contributed by atoms with E-state index in [1.54, 1.807) is 0 Å². The number of non-ortho nitro benzene ring substituents is 1. The Labute approximate surface area is 119 Å². The van der Waals surface area contributed by atoms with Gasteiger partial charge in [0.1, 0.15) is 5.75 Å². The fourth-order valence-electron chi connectivity index (χ4n) is 1.54. The summed E-state index contributed by atoms with van der Waals surface area (Å²) < 4.78 is 9.61. The first-order valence-electron chi connectivity index (χ1n) is 5.77. The Morgan fingerprint density at radius 2 is 2.10 bits per heavy atom. The van der Waals surface area contributed by atoms with Crippen LogP contribution in [0.15, 0.2) is 18.2 Å². The van der Waals surface area contributed by atoms with Gasteiger partial charge in [-0.15, -0.1) is 0 Å². The van der Waals surface area contributed by atoms with E-state index in [4.69, 9.17) is 9.84 Å². The normalized spacial score (nSPS) is 11.5. The van der Waals surface area contributed by atoms with Crippen LogP contribution in [0.25, 0.3) is 0 Å². The summed E-state index contributed by atoms with van der Waals surface area (Å²) >= 11 is 0. The van der Waals surface area contributed by atoms with Gasteiger partial charge in [-0.25, -0.2) is 4.79 Å². The maximum Gasteiger partial charge on any atom is 0.334 e. The van der Waals surface area contributed by atoms with Crippen LogP contribution in [0.2, 0.25) is 0 Å². The third-order valence-corrected chi connectivity index (χ3v) is 2.65. The summed E-state index contributed by atoms with van der Waals surface area (Å²) in [6, 6.07) is 3.54. The van der Waals surface area contributed by atoms with Gasteiger partial charge in [0.15, 0.2) is 6.10 Å². The Morgan fingerprint density at radius 3 is 2.57 bits per heavy atom. The predicted octanol–water partition coefficient (Wildman–Crippen LogP) is 0.433. The SMILES string of the molecule is COc1ccc([N+](=O)[O-])cc1C(=O)NCC(OC)C(=O)O. The Hall–Kier alpha value is -2.68. The zero-order valence-electron chi connectivity index (χ0n) is 11.4. The van der Waals surface area contributed by atoms with Gasteiger partial charge < -0.3 is 19.9 Å². The number of benzene rings is 1. The second kappa shape index (κ2) is 7.20. The average Bonchev–Trinajstić information content (AvgIpc) is 2.46. The quantitative estimate of drug-likeness (QED) is 0.551. The number of carbonyl (C=O) groups excluding carboxylic acids is 1. The number of amides is 1. The average molecular weight is 298 g/mol. The summed E-state index contributed by atoms with van der Waals surface area (Å²) in [4.78, 5) is 32.8. The van der Waals surface area contributed by atoms with Crippen LogP contribution in [0.1, 0.15) is 10.4 Å². The fourth-order valence-corrected chi connectivity index (χ4v) is 1.54. The molecule has 1 unspecified atom stereocenters. The van der Waals surface area contributed by atoms with Crippen molar-refractivity contribution in [3.63, 3.8) is 0 Å². The van der Waals surface area contributed by atoms with Crippen molar-refractivity contribution in [2.45, 2.75) is 6.10 Å². The molecule has 2 N–H and O–H groups in total. The van der Waals surface area contributed by atoms with Crippen molar-refractivity contribution in [2.24, 2.45) is 0 Å². The first kappa shape index (κ1) is 16.4. The molecule has 0 aliphatic rings. The number of carboxylic acid groups (broad SMARTS) is 1. The number of nitrogens with one attached hydrogen (secondary N) is 1. The third-order valence-electron chi connectivity index (χ3n) is 2.65. The number of methoxy groups -OCH3 is 2. The Kier molecular flexibility index (Phi) is 5.61. The summed E-state index contributed by atoms with van der Waals surface area (Å²) in [6.07, 6.45) is -1.21. The highest BCUT2D eigenvalue weighted by Crippen LogP contribution is 2.23. The minimum Gasteiger partial charge on any atom is -0.496 e. The van der Waals surface area contributed by atoms with Crippen molar-refractivity contribution in [1.29, 1.82) is 0 Å². The minimum atomic E-state index is -1.23. The molecule has 9 nitrogen and oxygen atoms in total. The van der Waals surface area contributed by atoms with Crippen molar-refractivity contribution >= 4 is 17.6 Å². The molecule has 1 aromatic carbocycles. The summed E-state index contributed by atoms with van der Waals surface area (Å²) in [5.41, 5.74) is -0.339. The van der Waals surface area contributed by atoms with Crippen LogP contribution < -0.4 is 10.1 Å². The van der Waals surface area contributed by atoms with E-state index < -0.39 is 22.9 Å². The predicted molar refractivity (Wildman–Crippen MR) is 70.4 cm³/mol. The molecule has 0 fully saturated rings. The van der Waals surface area contributed by atoms with Crippen LogP contribution in [0.3, 0.4) is 0 Å². The van der Waals surface area contributed by atoms with Crippen LogP contribution in [-0.4, -0.2) is 48.8 Å². The van der Waals surface area contributed by atoms with Crippen LogP contribution in [0.4, 0.5) is 5.69 Å². The van der Waals surface area contributed by atoms with E-state index in [0.29, 0.717) is 0 Å². The molecule has 9 heteroatoms. The molecule has 0 saturated carbocycles. The lowest BCUT2D eigenvalue weighted by molar-refractivity contribution is -0.384. The second-order valence-corrected chi connectivity index (χ2v) is 3.91. The van der Waals surface area contributed by atoms with Crippen molar-refractivity contribution in [2.75, 3.05) is 20.8 Å². The van der Waals surface area contributed by atoms with Crippen molar-refractivity contribution in [3.8, 4) is 5.75 Å². The lowest BCUT2D eigenvalue weighted by Crippen LogP contribution is -2.37. The second-order valence-electron chi connectivity index (χ2n) is 3.91. The lowest BCUT2D eigenvalue weighted by atomic mass is 10.1. The molecule has 0 bridgehead atoms. The lowest BCUT2D eigenvalue weighted by Gasteiger charge is -2.13. The highest BCUT2D eigenvalue weighted by atomic mass is 16.6. The van der Waals surface area contributed by atoms with E-state index in [0.717, 1.165) is 6.07 Å². The standard InChI is InChI=1S/C12H14N2O7/c1-20-9-4-3-7(14(18)19)5-8(9)11(15)13-6-10(21-2)12(16)17/h3-5,10H,6H2,1-2H3,(H,13,15)(H,16,17). The Morgan fingerprint density at radius 1 is 1.43 bits per heavy atom.